The minimum absolute atomic E-state index is 0.00342. The molecule has 8 nitrogen and oxygen atoms in total. The van der Waals surface area contributed by atoms with Crippen molar-refractivity contribution in [2.75, 3.05) is 24.3 Å². The summed E-state index contributed by atoms with van der Waals surface area (Å²) in [6, 6.07) is 0. The minimum atomic E-state index is -3.01. The molecule has 1 heterocycles. The number of esters is 1. The van der Waals surface area contributed by atoms with Crippen LogP contribution in [0.4, 0.5) is 5.95 Å². The maximum absolute atomic E-state index is 11.2. The third-order valence-electron chi connectivity index (χ3n) is 1.77. The predicted octanol–water partition coefficient (Wildman–Crippen LogP) is -1.16. The number of hydrogen-bond acceptors (Lipinski definition) is 7. The van der Waals surface area contributed by atoms with E-state index in [9.17, 15) is 13.2 Å². The SMILES string of the molecule is CS(=O)(=O)CCCOC(=O)Cn1cnc(N)n1. The first-order valence-electron chi connectivity index (χ1n) is 4.85. The van der Waals surface area contributed by atoms with Crippen molar-refractivity contribution in [2.45, 2.75) is 13.0 Å². The molecule has 1 aromatic rings. The van der Waals surface area contributed by atoms with E-state index in [0.717, 1.165) is 6.26 Å². The van der Waals surface area contributed by atoms with Gasteiger partial charge in [0.1, 0.15) is 22.7 Å². The fourth-order valence-electron chi connectivity index (χ4n) is 1.07. The number of rotatable bonds is 6. The van der Waals surface area contributed by atoms with Crippen molar-refractivity contribution in [2.24, 2.45) is 0 Å². The molecule has 1 rings (SSSR count). The lowest BCUT2D eigenvalue weighted by Gasteiger charge is -2.03. The van der Waals surface area contributed by atoms with Gasteiger partial charge in [-0.05, 0) is 6.42 Å². The maximum atomic E-state index is 11.2. The first-order chi connectivity index (χ1) is 7.87. The van der Waals surface area contributed by atoms with E-state index >= 15 is 0 Å². The van der Waals surface area contributed by atoms with Crippen molar-refractivity contribution < 1.29 is 17.9 Å². The highest BCUT2D eigenvalue weighted by molar-refractivity contribution is 7.90. The molecule has 0 radical (unpaired) electrons. The molecular weight excluding hydrogens is 248 g/mol. The Balaban J connectivity index is 2.22. The Morgan fingerprint density at radius 3 is 2.82 bits per heavy atom. The van der Waals surface area contributed by atoms with E-state index < -0.39 is 15.8 Å². The van der Waals surface area contributed by atoms with Crippen molar-refractivity contribution in [1.29, 1.82) is 0 Å². The maximum Gasteiger partial charge on any atom is 0.327 e. The van der Waals surface area contributed by atoms with Gasteiger partial charge in [-0.1, -0.05) is 0 Å². The summed E-state index contributed by atoms with van der Waals surface area (Å²) in [5.41, 5.74) is 5.26. The van der Waals surface area contributed by atoms with Gasteiger partial charge in [-0.25, -0.2) is 18.1 Å². The van der Waals surface area contributed by atoms with Crippen LogP contribution in [-0.2, 0) is 25.9 Å². The molecule has 0 saturated carbocycles. The number of sulfone groups is 1. The van der Waals surface area contributed by atoms with Crippen LogP contribution in [0, 0.1) is 0 Å². The van der Waals surface area contributed by atoms with Crippen LogP contribution in [0.1, 0.15) is 6.42 Å². The highest BCUT2D eigenvalue weighted by Crippen LogP contribution is 1.94. The third-order valence-corrected chi connectivity index (χ3v) is 2.80. The van der Waals surface area contributed by atoms with Crippen LogP contribution >= 0.6 is 0 Å². The molecule has 0 spiro atoms. The quantitative estimate of drug-likeness (QED) is 0.507. The van der Waals surface area contributed by atoms with E-state index in [0.29, 0.717) is 0 Å². The number of hydrogen-bond donors (Lipinski definition) is 1. The van der Waals surface area contributed by atoms with Crippen LogP contribution in [0.2, 0.25) is 0 Å². The van der Waals surface area contributed by atoms with Gasteiger partial charge in [0, 0.05) is 6.26 Å². The molecule has 1 aromatic heterocycles. The second-order valence-electron chi connectivity index (χ2n) is 3.50. The fraction of sp³-hybridized carbons (Fsp3) is 0.625. The van der Waals surface area contributed by atoms with Gasteiger partial charge in [-0.3, -0.25) is 4.79 Å². The van der Waals surface area contributed by atoms with E-state index in [2.05, 4.69) is 10.1 Å². The minimum Gasteiger partial charge on any atom is -0.464 e. The largest absolute Gasteiger partial charge is 0.464 e. The van der Waals surface area contributed by atoms with E-state index in [1.807, 2.05) is 0 Å². The number of ether oxygens (including phenoxy) is 1. The molecule has 2 N–H and O–H groups in total. The molecule has 0 bridgehead atoms. The van der Waals surface area contributed by atoms with Gasteiger partial charge >= 0.3 is 5.97 Å². The molecule has 0 amide bonds. The Morgan fingerprint density at radius 2 is 2.29 bits per heavy atom. The van der Waals surface area contributed by atoms with E-state index in [4.69, 9.17) is 10.5 Å². The van der Waals surface area contributed by atoms with Gasteiger partial charge < -0.3 is 10.5 Å². The Labute approximate surface area is 98.7 Å². The number of carbonyl (C=O) groups is 1. The van der Waals surface area contributed by atoms with Crippen molar-refractivity contribution in [1.82, 2.24) is 14.8 Å². The monoisotopic (exact) mass is 262 g/mol. The van der Waals surface area contributed by atoms with Crippen LogP contribution in [0.15, 0.2) is 6.33 Å². The normalized spacial score (nSPS) is 11.4. The second kappa shape index (κ2) is 5.62. The third kappa shape index (κ3) is 5.85. The number of aromatic nitrogens is 3. The summed E-state index contributed by atoms with van der Waals surface area (Å²) in [7, 11) is -3.01. The molecule has 17 heavy (non-hydrogen) atoms. The molecule has 96 valence electrons. The number of carbonyl (C=O) groups excluding carboxylic acids is 1. The number of nitrogens with zero attached hydrogens (tertiary/aromatic N) is 3. The van der Waals surface area contributed by atoms with E-state index in [1.54, 1.807) is 0 Å². The first-order valence-corrected chi connectivity index (χ1v) is 6.91. The first kappa shape index (κ1) is 13.4. The summed E-state index contributed by atoms with van der Waals surface area (Å²) >= 11 is 0. The van der Waals surface area contributed by atoms with Crippen molar-refractivity contribution in [3.8, 4) is 0 Å². The number of nitrogen functional groups attached to an aromatic ring is 1. The highest BCUT2D eigenvalue weighted by atomic mass is 32.2. The summed E-state index contributed by atoms with van der Waals surface area (Å²) < 4.78 is 27.6. The van der Waals surface area contributed by atoms with Crippen molar-refractivity contribution in [3.05, 3.63) is 6.33 Å². The summed E-state index contributed by atoms with van der Waals surface area (Å²) in [6.45, 7) is -0.0286. The van der Waals surface area contributed by atoms with Gasteiger partial charge in [0.25, 0.3) is 0 Å². The number of nitrogens with two attached hydrogens (primary N) is 1. The van der Waals surface area contributed by atoms with Crippen molar-refractivity contribution >= 4 is 21.8 Å². The van der Waals surface area contributed by atoms with Crippen LogP contribution in [0.5, 0.6) is 0 Å². The lowest BCUT2D eigenvalue weighted by Crippen LogP contribution is -2.16. The lowest BCUT2D eigenvalue weighted by molar-refractivity contribution is -0.144. The molecule has 0 aliphatic rings. The van der Waals surface area contributed by atoms with Gasteiger partial charge in [-0.15, -0.1) is 5.10 Å². The molecule has 0 saturated heterocycles. The lowest BCUT2D eigenvalue weighted by atomic mass is 10.5. The highest BCUT2D eigenvalue weighted by Gasteiger charge is 2.07. The molecule has 0 atom stereocenters. The number of anilines is 1. The molecule has 0 unspecified atom stereocenters. The Hall–Kier alpha value is -1.64. The zero-order valence-corrected chi connectivity index (χ0v) is 10.2. The molecule has 0 aliphatic carbocycles. The zero-order chi connectivity index (χ0) is 12.9. The summed E-state index contributed by atoms with van der Waals surface area (Å²) in [6.07, 6.45) is 2.73. The van der Waals surface area contributed by atoms with Crippen LogP contribution < -0.4 is 5.73 Å². The molecular formula is C8H14N4O4S. The van der Waals surface area contributed by atoms with Gasteiger partial charge in [0.05, 0.1) is 12.4 Å². The van der Waals surface area contributed by atoms with Crippen LogP contribution in [0.25, 0.3) is 0 Å². The average molecular weight is 262 g/mol. The Bertz CT molecular complexity index is 481. The topological polar surface area (TPSA) is 117 Å². The molecule has 0 aliphatic heterocycles. The average Bonchev–Trinajstić information content (AvgIpc) is 2.57. The standard InChI is InChI=1S/C8H14N4O4S/c1-17(14,15)4-2-3-16-7(13)5-12-6-10-8(9)11-12/h6H,2-5H2,1H3,(H2,9,11). The fourth-order valence-corrected chi connectivity index (χ4v) is 1.71. The molecule has 0 aromatic carbocycles. The van der Waals surface area contributed by atoms with Crippen LogP contribution in [0.3, 0.4) is 0 Å². The predicted molar refractivity (Wildman–Crippen MR) is 59.7 cm³/mol. The van der Waals surface area contributed by atoms with Gasteiger partial charge in [0.2, 0.25) is 5.95 Å². The van der Waals surface area contributed by atoms with Gasteiger partial charge in [0.15, 0.2) is 0 Å². The summed E-state index contributed by atoms with van der Waals surface area (Å²) in [4.78, 5) is 14.9. The zero-order valence-electron chi connectivity index (χ0n) is 9.37. The van der Waals surface area contributed by atoms with Gasteiger partial charge in [-0.2, -0.15) is 0 Å². The van der Waals surface area contributed by atoms with Crippen LogP contribution in [-0.4, -0.2) is 47.8 Å². The Kier molecular flexibility index (Phi) is 4.44. The Morgan fingerprint density at radius 1 is 1.59 bits per heavy atom. The van der Waals surface area contributed by atoms with Crippen molar-refractivity contribution in [3.63, 3.8) is 0 Å². The second-order valence-corrected chi connectivity index (χ2v) is 5.76. The summed E-state index contributed by atoms with van der Waals surface area (Å²) in [5, 5.41) is 3.70. The smallest absolute Gasteiger partial charge is 0.327 e. The van der Waals surface area contributed by atoms with E-state index in [-0.39, 0.29) is 31.3 Å². The summed E-state index contributed by atoms with van der Waals surface area (Å²) in [5.74, 6) is -0.436. The van der Waals surface area contributed by atoms with E-state index in [1.165, 1.54) is 11.0 Å². The molecule has 9 heteroatoms. The molecule has 0 fully saturated rings.